The van der Waals surface area contributed by atoms with Gasteiger partial charge in [-0.15, -0.1) is 0 Å². The topological polar surface area (TPSA) is 83.5 Å². The molecule has 0 heterocycles. The Morgan fingerprint density at radius 3 is 2.39 bits per heavy atom. The molecule has 0 saturated heterocycles. The number of anilines is 1. The Morgan fingerprint density at radius 1 is 1.17 bits per heavy atom. The molecule has 0 saturated carbocycles. The standard InChI is InChI=1S/C16H16BrNO4S/c1-10(2)12-8-7-11(16(19)20)9-15(12)23(21,22)18-14-6-4-3-5-13(14)17/h3-10,18H,1-2H3,(H,19,20). The van der Waals surface area contributed by atoms with E-state index >= 15 is 0 Å². The molecule has 0 fully saturated rings. The van der Waals surface area contributed by atoms with Crippen LogP contribution in [0.4, 0.5) is 5.69 Å². The minimum absolute atomic E-state index is 0.0249. The first-order chi connectivity index (χ1) is 10.7. The van der Waals surface area contributed by atoms with Crippen LogP contribution in [-0.2, 0) is 10.0 Å². The maximum atomic E-state index is 12.7. The molecular weight excluding hydrogens is 382 g/mol. The number of carbonyl (C=O) groups is 1. The number of aromatic carboxylic acids is 1. The predicted molar refractivity (Wildman–Crippen MR) is 92.4 cm³/mol. The molecule has 0 aliphatic rings. The third-order valence-corrected chi connectivity index (χ3v) is 5.40. The van der Waals surface area contributed by atoms with Crippen LogP contribution >= 0.6 is 15.9 Å². The van der Waals surface area contributed by atoms with Crippen LogP contribution in [0.15, 0.2) is 51.8 Å². The van der Waals surface area contributed by atoms with E-state index in [1.807, 2.05) is 13.8 Å². The Hall–Kier alpha value is -1.86. The fourth-order valence-electron chi connectivity index (χ4n) is 2.12. The van der Waals surface area contributed by atoms with Crippen LogP contribution in [0.3, 0.4) is 0 Å². The zero-order valence-electron chi connectivity index (χ0n) is 12.6. The van der Waals surface area contributed by atoms with Gasteiger partial charge in [0.25, 0.3) is 10.0 Å². The number of carboxylic acids is 1. The Kier molecular flexibility index (Phi) is 5.11. The van der Waals surface area contributed by atoms with Crippen molar-refractivity contribution >= 4 is 37.6 Å². The van der Waals surface area contributed by atoms with Gasteiger partial charge in [-0.05, 0) is 51.7 Å². The average molecular weight is 398 g/mol. The second kappa shape index (κ2) is 6.72. The summed E-state index contributed by atoms with van der Waals surface area (Å²) in [5.41, 5.74) is 0.888. The summed E-state index contributed by atoms with van der Waals surface area (Å²) in [5.74, 6) is -1.23. The lowest BCUT2D eigenvalue weighted by molar-refractivity contribution is 0.0696. The van der Waals surface area contributed by atoms with Gasteiger partial charge in [0.05, 0.1) is 16.1 Å². The average Bonchev–Trinajstić information content (AvgIpc) is 2.48. The van der Waals surface area contributed by atoms with Crippen molar-refractivity contribution in [2.24, 2.45) is 0 Å². The molecule has 2 rings (SSSR count). The number of sulfonamides is 1. The van der Waals surface area contributed by atoms with E-state index in [0.29, 0.717) is 15.7 Å². The minimum atomic E-state index is -3.91. The summed E-state index contributed by atoms with van der Waals surface area (Å²) in [7, 11) is -3.91. The molecule has 5 nitrogen and oxygen atoms in total. The number of carboxylic acid groups (broad SMARTS) is 1. The zero-order chi connectivity index (χ0) is 17.2. The van der Waals surface area contributed by atoms with Crippen molar-refractivity contribution in [3.05, 3.63) is 58.1 Å². The van der Waals surface area contributed by atoms with Gasteiger partial charge in [0.2, 0.25) is 0 Å². The van der Waals surface area contributed by atoms with Crippen molar-refractivity contribution in [1.29, 1.82) is 0 Å². The van der Waals surface area contributed by atoms with Gasteiger partial charge in [-0.3, -0.25) is 4.72 Å². The SMILES string of the molecule is CC(C)c1ccc(C(=O)O)cc1S(=O)(=O)Nc1ccccc1Br. The molecule has 0 aliphatic carbocycles. The Balaban J connectivity index is 2.56. The molecule has 2 N–H and O–H groups in total. The number of hydrogen-bond acceptors (Lipinski definition) is 3. The summed E-state index contributed by atoms with van der Waals surface area (Å²) in [6.45, 7) is 3.71. The highest BCUT2D eigenvalue weighted by molar-refractivity contribution is 9.10. The maximum absolute atomic E-state index is 12.7. The van der Waals surface area contributed by atoms with Crippen molar-refractivity contribution in [3.8, 4) is 0 Å². The van der Waals surface area contributed by atoms with Crippen LogP contribution in [0.25, 0.3) is 0 Å². The van der Waals surface area contributed by atoms with E-state index in [-0.39, 0.29) is 16.4 Å². The van der Waals surface area contributed by atoms with Crippen molar-refractivity contribution in [1.82, 2.24) is 0 Å². The number of hydrogen-bond donors (Lipinski definition) is 2. The minimum Gasteiger partial charge on any atom is -0.478 e. The maximum Gasteiger partial charge on any atom is 0.335 e. The lowest BCUT2D eigenvalue weighted by Crippen LogP contribution is -2.17. The van der Waals surface area contributed by atoms with E-state index in [4.69, 9.17) is 5.11 Å². The van der Waals surface area contributed by atoms with Gasteiger partial charge in [-0.25, -0.2) is 13.2 Å². The van der Waals surface area contributed by atoms with Gasteiger partial charge in [0, 0.05) is 4.47 Å². The Bertz CT molecular complexity index is 847. The van der Waals surface area contributed by atoms with Gasteiger partial charge < -0.3 is 5.11 Å². The van der Waals surface area contributed by atoms with Crippen molar-refractivity contribution in [2.45, 2.75) is 24.7 Å². The van der Waals surface area contributed by atoms with Gasteiger partial charge in [-0.2, -0.15) is 0 Å². The third-order valence-electron chi connectivity index (χ3n) is 3.29. The first-order valence-electron chi connectivity index (χ1n) is 6.87. The van der Waals surface area contributed by atoms with Gasteiger partial charge >= 0.3 is 5.97 Å². The molecule has 0 spiro atoms. The highest BCUT2D eigenvalue weighted by Crippen LogP contribution is 2.29. The van der Waals surface area contributed by atoms with E-state index in [1.165, 1.54) is 12.1 Å². The molecule has 2 aromatic carbocycles. The largest absolute Gasteiger partial charge is 0.478 e. The van der Waals surface area contributed by atoms with Gasteiger partial charge in [-0.1, -0.05) is 32.0 Å². The first-order valence-corrected chi connectivity index (χ1v) is 9.14. The number of rotatable bonds is 5. The van der Waals surface area contributed by atoms with Crippen LogP contribution in [0.1, 0.15) is 35.7 Å². The number of halogens is 1. The third kappa shape index (κ3) is 3.92. The first kappa shape index (κ1) is 17.5. The summed E-state index contributed by atoms with van der Waals surface area (Å²) in [5, 5.41) is 9.12. The summed E-state index contributed by atoms with van der Waals surface area (Å²) in [6, 6.07) is 11.0. The summed E-state index contributed by atoms with van der Waals surface area (Å²) in [4.78, 5) is 11.1. The van der Waals surface area contributed by atoms with Crippen LogP contribution in [0, 0.1) is 0 Å². The fourth-order valence-corrected chi connectivity index (χ4v) is 4.11. The van der Waals surface area contributed by atoms with E-state index in [2.05, 4.69) is 20.7 Å². The molecule has 122 valence electrons. The quantitative estimate of drug-likeness (QED) is 0.795. The van der Waals surface area contributed by atoms with Crippen LogP contribution in [-0.4, -0.2) is 19.5 Å². The monoisotopic (exact) mass is 397 g/mol. The van der Waals surface area contributed by atoms with Gasteiger partial charge in [0.15, 0.2) is 0 Å². The molecule has 23 heavy (non-hydrogen) atoms. The zero-order valence-corrected chi connectivity index (χ0v) is 15.0. The smallest absolute Gasteiger partial charge is 0.335 e. The fraction of sp³-hybridized carbons (Fsp3) is 0.188. The molecular formula is C16H16BrNO4S. The second-order valence-electron chi connectivity index (χ2n) is 5.30. The van der Waals surface area contributed by atoms with E-state index < -0.39 is 16.0 Å². The van der Waals surface area contributed by atoms with Crippen LogP contribution < -0.4 is 4.72 Å². The number of benzene rings is 2. The Morgan fingerprint density at radius 2 is 1.83 bits per heavy atom. The molecule has 0 unspecified atom stereocenters. The second-order valence-corrected chi connectivity index (χ2v) is 7.80. The molecule has 7 heteroatoms. The highest BCUT2D eigenvalue weighted by atomic mass is 79.9. The molecule has 0 aromatic heterocycles. The van der Waals surface area contributed by atoms with E-state index in [0.717, 1.165) is 0 Å². The molecule has 2 aromatic rings. The molecule has 0 amide bonds. The number of para-hydroxylation sites is 1. The van der Waals surface area contributed by atoms with Crippen LogP contribution in [0.5, 0.6) is 0 Å². The van der Waals surface area contributed by atoms with E-state index in [9.17, 15) is 13.2 Å². The summed E-state index contributed by atoms with van der Waals surface area (Å²) >= 11 is 3.29. The lowest BCUT2D eigenvalue weighted by Gasteiger charge is -2.16. The highest BCUT2D eigenvalue weighted by Gasteiger charge is 2.23. The van der Waals surface area contributed by atoms with Crippen molar-refractivity contribution in [3.63, 3.8) is 0 Å². The Labute approximate surface area is 143 Å². The number of nitrogens with one attached hydrogen (secondary N) is 1. The molecule has 0 bridgehead atoms. The van der Waals surface area contributed by atoms with Crippen molar-refractivity contribution in [2.75, 3.05) is 4.72 Å². The predicted octanol–water partition coefficient (Wildman–Crippen LogP) is 4.07. The lowest BCUT2D eigenvalue weighted by atomic mass is 10.0. The molecule has 0 atom stereocenters. The summed E-state index contributed by atoms with van der Waals surface area (Å²) in [6.07, 6.45) is 0. The normalized spacial score (nSPS) is 11.5. The van der Waals surface area contributed by atoms with Crippen molar-refractivity contribution < 1.29 is 18.3 Å². The van der Waals surface area contributed by atoms with Gasteiger partial charge in [0.1, 0.15) is 0 Å². The van der Waals surface area contributed by atoms with E-state index in [1.54, 1.807) is 30.3 Å². The molecule has 0 radical (unpaired) electrons. The molecule has 0 aliphatic heterocycles. The van der Waals surface area contributed by atoms with Crippen LogP contribution in [0.2, 0.25) is 0 Å². The summed E-state index contributed by atoms with van der Waals surface area (Å²) < 4.78 is 28.6.